The van der Waals surface area contributed by atoms with Crippen molar-refractivity contribution in [2.24, 2.45) is 0 Å². The molecule has 1 N–H and O–H groups in total. The van der Waals surface area contributed by atoms with Crippen LogP contribution >= 0.6 is 0 Å². The van der Waals surface area contributed by atoms with Crippen LogP contribution in [0.3, 0.4) is 0 Å². The van der Waals surface area contributed by atoms with Crippen LogP contribution in [0.25, 0.3) is 5.76 Å². The molecule has 1 fully saturated rings. The summed E-state index contributed by atoms with van der Waals surface area (Å²) in [7, 11) is 0. The Bertz CT molecular complexity index is 866. The summed E-state index contributed by atoms with van der Waals surface area (Å²) in [4.78, 5) is 26.7. The number of likely N-dealkylation sites (tertiary alicyclic amines) is 1. The van der Waals surface area contributed by atoms with Crippen LogP contribution in [0.4, 0.5) is 0 Å². The first-order valence-corrected chi connectivity index (χ1v) is 9.03. The van der Waals surface area contributed by atoms with Crippen molar-refractivity contribution in [3.05, 3.63) is 59.6 Å². The van der Waals surface area contributed by atoms with Crippen LogP contribution in [0.15, 0.2) is 52.7 Å². The number of hydrogen-bond donors (Lipinski definition) is 1. The summed E-state index contributed by atoms with van der Waals surface area (Å²) in [6.07, 6.45) is 2.14. The highest BCUT2D eigenvalue weighted by molar-refractivity contribution is 6.46. The van der Waals surface area contributed by atoms with Crippen molar-refractivity contribution in [3.63, 3.8) is 0 Å². The van der Waals surface area contributed by atoms with E-state index in [1.807, 2.05) is 20.8 Å². The van der Waals surface area contributed by atoms with Gasteiger partial charge in [0.15, 0.2) is 0 Å². The maximum absolute atomic E-state index is 12.7. The van der Waals surface area contributed by atoms with Crippen molar-refractivity contribution < 1.29 is 23.8 Å². The van der Waals surface area contributed by atoms with Crippen molar-refractivity contribution in [3.8, 4) is 5.75 Å². The second-order valence-electron chi connectivity index (χ2n) is 6.70. The van der Waals surface area contributed by atoms with Gasteiger partial charge in [0, 0.05) is 12.1 Å². The van der Waals surface area contributed by atoms with E-state index in [9.17, 15) is 14.7 Å². The SMILES string of the molecule is CCCN1C(=O)C(=O)/C(=C(\O)c2cccc(OC(C)C)c2)C1c1ccco1. The number of furan rings is 1. The number of hydrogen-bond acceptors (Lipinski definition) is 5. The topological polar surface area (TPSA) is 80.0 Å². The van der Waals surface area contributed by atoms with Crippen molar-refractivity contribution in [2.45, 2.75) is 39.3 Å². The van der Waals surface area contributed by atoms with Crippen LogP contribution in [0.2, 0.25) is 0 Å². The lowest BCUT2D eigenvalue weighted by molar-refractivity contribution is -0.140. The van der Waals surface area contributed by atoms with Gasteiger partial charge in [0.05, 0.1) is 17.9 Å². The summed E-state index contributed by atoms with van der Waals surface area (Å²) in [5, 5.41) is 10.9. The van der Waals surface area contributed by atoms with Gasteiger partial charge in [-0.2, -0.15) is 0 Å². The highest BCUT2D eigenvalue weighted by Crippen LogP contribution is 2.39. The molecule has 3 rings (SSSR count). The normalized spacial score (nSPS) is 19.1. The van der Waals surface area contributed by atoms with E-state index in [1.54, 1.807) is 36.4 Å². The van der Waals surface area contributed by atoms with E-state index >= 15 is 0 Å². The number of rotatable bonds is 6. The fourth-order valence-electron chi connectivity index (χ4n) is 3.24. The maximum Gasteiger partial charge on any atom is 0.295 e. The Kier molecular flexibility index (Phi) is 5.35. The molecule has 1 aliphatic rings. The number of aliphatic hydroxyl groups excluding tert-OH is 1. The third-order valence-electron chi connectivity index (χ3n) is 4.30. The van der Waals surface area contributed by atoms with E-state index < -0.39 is 17.7 Å². The molecule has 1 amide bonds. The van der Waals surface area contributed by atoms with E-state index in [-0.39, 0.29) is 17.4 Å². The first-order chi connectivity index (χ1) is 12.9. The lowest BCUT2D eigenvalue weighted by Crippen LogP contribution is -2.30. The molecule has 142 valence electrons. The predicted molar refractivity (Wildman–Crippen MR) is 100 cm³/mol. The van der Waals surface area contributed by atoms with Crippen LogP contribution in [0.1, 0.15) is 44.6 Å². The minimum absolute atomic E-state index is 0.0272. The highest BCUT2D eigenvalue weighted by Gasteiger charge is 2.47. The number of aliphatic hydroxyl groups is 1. The molecule has 6 nitrogen and oxygen atoms in total. The van der Waals surface area contributed by atoms with Crippen LogP contribution in [0, 0.1) is 0 Å². The van der Waals surface area contributed by atoms with Gasteiger partial charge in [-0.05, 0) is 44.5 Å². The third-order valence-corrected chi connectivity index (χ3v) is 4.30. The monoisotopic (exact) mass is 369 g/mol. The largest absolute Gasteiger partial charge is 0.507 e. The number of benzene rings is 1. The number of Topliss-reactive ketones (excluding diaryl/α,β-unsaturated/α-hetero) is 1. The summed E-state index contributed by atoms with van der Waals surface area (Å²) in [6, 6.07) is 9.49. The van der Waals surface area contributed by atoms with Crippen LogP contribution in [-0.2, 0) is 9.59 Å². The molecule has 6 heteroatoms. The minimum atomic E-state index is -0.741. The number of ether oxygens (including phenoxy) is 1. The standard InChI is InChI=1S/C21H23NO5/c1-4-10-22-18(16-9-6-11-26-16)17(20(24)21(22)25)19(23)14-7-5-8-15(12-14)27-13(2)3/h5-9,11-13,18,23H,4,10H2,1-3H3/b19-17-. The smallest absolute Gasteiger partial charge is 0.295 e. The number of amides is 1. The number of carbonyl (C=O) groups excluding carboxylic acids is 2. The van der Waals surface area contributed by atoms with E-state index in [1.165, 1.54) is 11.2 Å². The molecule has 1 aromatic heterocycles. The Hall–Kier alpha value is -3.02. The molecular formula is C21H23NO5. The van der Waals surface area contributed by atoms with Gasteiger partial charge in [-0.15, -0.1) is 0 Å². The van der Waals surface area contributed by atoms with Gasteiger partial charge < -0.3 is 19.2 Å². The third kappa shape index (κ3) is 3.60. The zero-order chi connectivity index (χ0) is 19.6. The van der Waals surface area contributed by atoms with Crippen molar-refractivity contribution >= 4 is 17.4 Å². The van der Waals surface area contributed by atoms with Crippen LogP contribution < -0.4 is 4.74 Å². The maximum atomic E-state index is 12.7. The van der Waals surface area contributed by atoms with E-state index in [0.717, 1.165) is 0 Å². The fourth-order valence-corrected chi connectivity index (χ4v) is 3.24. The van der Waals surface area contributed by atoms with Crippen molar-refractivity contribution in [1.29, 1.82) is 0 Å². The van der Waals surface area contributed by atoms with E-state index in [0.29, 0.717) is 30.0 Å². The summed E-state index contributed by atoms with van der Waals surface area (Å²) in [6.45, 7) is 6.12. The zero-order valence-electron chi connectivity index (χ0n) is 15.6. The Morgan fingerprint density at radius 2 is 2.04 bits per heavy atom. The van der Waals surface area contributed by atoms with Gasteiger partial charge in [-0.3, -0.25) is 9.59 Å². The van der Waals surface area contributed by atoms with Gasteiger partial charge in [0.2, 0.25) is 0 Å². The Balaban J connectivity index is 2.10. The zero-order valence-corrected chi connectivity index (χ0v) is 15.6. The average molecular weight is 369 g/mol. The second kappa shape index (κ2) is 7.70. The van der Waals surface area contributed by atoms with Gasteiger partial charge >= 0.3 is 0 Å². The molecule has 0 radical (unpaired) electrons. The summed E-state index contributed by atoms with van der Waals surface area (Å²) in [5.41, 5.74) is 0.448. The molecule has 0 spiro atoms. The van der Waals surface area contributed by atoms with Gasteiger partial charge in [-0.1, -0.05) is 19.1 Å². The molecule has 0 bridgehead atoms. The molecule has 1 saturated heterocycles. The van der Waals surface area contributed by atoms with Crippen molar-refractivity contribution in [2.75, 3.05) is 6.54 Å². The molecule has 0 saturated carbocycles. The Morgan fingerprint density at radius 3 is 2.67 bits per heavy atom. The van der Waals surface area contributed by atoms with Gasteiger partial charge in [0.25, 0.3) is 11.7 Å². The molecule has 2 heterocycles. The molecule has 1 unspecified atom stereocenters. The second-order valence-corrected chi connectivity index (χ2v) is 6.70. The minimum Gasteiger partial charge on any atom is -0.507 e. The molecular weight excluding hydrogens is 346 g/mol. The molecule has 1 aliphatic heterocycles. The Labute approximate surface area is 158 Å². The number of carbonyl (C=O) groups is 2. The lowest BCUT2D eigenvalue weighted by Gasteiger charge is -2.22. The summed E-state index contributed by atoms with van der Waals surface area (Å²) < 4.78 is 11.1. The van der Waals surface area contributed by atoms with Crippen LogP contribution in [-0.4, -0.2) is 34.3 Å². The molecule has 2 aromatic rings. The van der Waals surface area contributed by atoms with E-state index in [4.69, 9.17) is 9.15 Å². The predicted octanol–water partition coefficient (Wildman–Crippen LogP) is 3.90. The number of nitrogens with zero attached hydrogens (tertiary/aromatic N) is 1. The number of ketones is 1. The van der Waals surface area contributed by atoms with E-state index in [2.05, 4.69) is 0 Å². The first kappa shape index (κ1) is 18.8. The summed E-state index contributed by atoms with van der Waals surface area (Å²) >= 11 is 0. The highest BCUT2D eigenvalue weighted by atomic mass is 16.5. The first-order valence-electron chi connectivity index (χ1n) is 9.03. The lowest BCUT2D eigenvalue weighted by atomic mass is 9.99. The molecule has 1 atom stereocenters. The molecule has 0 aliphatic carbocycles. The quantitative estimate of drug-likeness (QED) is 0.475. The van der Waals surface area contributed by atoms with Crippen LogP contribution in [0.5, 0.6) is 5.75 Å². The van der Waals surface area contributed by atoms with Crippen molar-refractivity contribution in [1.82, 2.24) is 4.90 Å². The van der Waals surface area contributed by atoms with Gasteiger partial charge in [-0.25, -0.2) is 0 Å². The Morgan fingerprint density at radius 1 is 1.26 bits per heavy atom. The molecule has 27 heavy (non-hydrogen) atoms. The average Bonchev–Trinajstić information content (AvgIpc) is 3.24. The van der Waals surface area contributed by atoms with Gasteiger partial charge in [0.1, 0.15) is 23.3 Å². The fraction of sp³-hybridized carbons (Fsp3) is 0.333. The summed E-state index contributed by atoms with van der Waals surface area (Å²) in [5.74, 6) is -0.556. The molecule has 1 aromatic carbocycles.